The van der Waals surface area contributed by atoms with Gasteiger partial charge >= 0.3 is 0 Å². The third-order valence-electron chi connectivity index (χ3n) is 14.4. The summed E-state index contributed by atoms with van der Waals surface area (Å²) in [5.74, 6) is -2.47. The summed E-state index contributed by atoms with van der Waals surface area (Å²) in [5, 5.41) is 0. The zero-order chi connectivity index (χ0) is 45.4. The minimum absolute atomic E-state index is 0.00200. The Morgan fingerprint density at radius 1 is 0.453 bits per heavy atom. The molecule has 0 heterocycles. The number of hydrogen-bond acceptors (Lipinski definition) is 2. The maximum Gasteiger partial charge on any atom is 0.167 e. The molecule has 6 rings (SSSR count). The van der Waals surface area contributed by atoms with Crippen LogP contribution in [0.1, 0.15) is 185 Å². The summed E-state index contributed by atoms with van der Waals surface area (Å²) >= 11 is 0. The van der Waals surface area contributed by atoms with Gasteiger partial charge in [-0.25, -0.2) is 26.3 Å². The molecule has 2 saturated carbocycles. The summed E-state index contributed by atoms with van der Waals surface area (Å²) in [4.78, 5) is 0. The van der Waals surface area contributed by atoms with Gasteiger partial charge in [-0.1, -0.05) is 109 Å². The van der Waals surface area contributed by atoms with Crippen LogP contribution in [0, 0.1) is 52.7 Å². The lowest BCUT2D eigenvalue weighted by molar-refractivity contribution is 0.289. The molecule has 8 heteroatoms. The number of ether oxygens (including phenoxy) is 2. The minimum Gasteiger partial charge on any atom is -0.493 e. The first-order chi connectivity index (χ1) is 31.1. The van der Waals surface area contributed by atoms with Gasteiger partial charge in [0.1, 0.15) is 23.1 Å². The normalized spacial score (nSPS) is 19.5. The fourth-order valence-corrected chi connectivity index (χ4v) is 10.4. The zero-order valence-electron chi connectivity index (χ0n) is 38.7. The molecule has 0 saturated heterocycles. The van der Waals surface area contributed by atoms with Crippen molar-refractivity contribution < 1.29 is 35.8 Å². The van der Waals surface area contributed by atoms with Crippen molar-refractivity contribution in [2.45, 2.75) is 174 Å². The van der Waals surface area contributed by atoms with E-state index >= 15 is 26.3 Å². The first-order valence-corrected chi connectivity index (χ1v) is 24.9. The molecular formula is C56H72F6O2. The van der Waals surface area contributed by atoms with Gasteiger partial charge in [0.2, 0.25) is 0 Å². The van der Waals surface area contributed by atoms with Crippen LogP contribution >= 0.6 is 0 Å². The Labute approximate surface area is 379 Å². The lowest BCUT2D eigenvalue weighted by atomic mass is 9.76. The van der Waals surface area contributed by atoms with Gasteiger partial charge in [-0.05, 0) is 142 Å². The van der Waals surface area contributed by atoms with Gasteiger partial charge in [0.05, 0.1) is 13.2 Å². The third-order valence-corrected chi connectivity index (χ3v) is 14.4. The molecule has 0 atom stereocenters. The molecule has 0 spiro atoms. The van der Waals surface area contributed by atoms with Crippen molar-refractivity contribution in [2.24, 2.45) is 17.8 Å². The van der Waals surface area contributed by atoms with E-state index in [1.165, 1.54) is 87.8 Å². The molecule has 0 aromatic heterocycles. The Morgan fingerprint density at radius 2 is 0.844 bits per heavy atom. The molecule has 0 N–H and O–H groups in total. The maximum atomic E-state index is 15.4. The molecule has 350 valence electrons. The van der Waals surface area contributed by atoms with Gasteiger partial charge in [0, 0.05) is 34.4 Å². The van der Waals surface area contributed by atoms with Gasteiger partial charge < -0.3 is 9.47 Å². The van der Waals surface area contributed by atoms with Crippen LogP contribution in [0.25, 0.3) is 22.3 Å². The molecule has 0 bridgehead atoms. The van der Waals surface area contributed by atoms with Crippen LogP contribution in [0.4, 0.5) is 26.3 Å². The van der Waals surface area contributed by atoms with Gasteiger partial charge in [-0.2, -0.15) is 0 Å². The van der Waals surface area contributed by atoms with Gasteiger partial charge in [0.25, 0.3) is 0 Å². The Balaban J connectivity index is 0.860. The molecule has 0 radical (unpaired) electrons. The average molecular weight is 891 g/mol. The lowest BCUT2D eigenvalue weighted by Crippen LogP contribution is -2.15. The molecule has 2 nitrogen and oxygen atoms in total. The smallest absolute Gasteiger partial charge is 0.167 e. The molecule has 0 unspecified atom stereocenters. The van der Waals surface area contributed by atoms with Crippen LogP contribution < -0.4 is 9.47 Å². The average Bonchev–Trinajstić information content (AvgIpc) is 3.29. The highest BCUT2D eigenvalue weighted by molar-refractivity contribution is 5.67. The van der Waals surface area contributed by atoms with E-state index in [2.05, 4.69) is 20.8 Å². The van der Waals surface area contributed by atoms with Crippen LogP contribution in [-0.2, 0) is 0 Å². The van der Waals surface area contributed by atoms with E-state index < -0.39 is 34.9 Å². The Hall–Kier alpha value is -3.94. The first-order valence-electron chi connectivity index (χ1n) is 24.9. The number of halogens is 6. The molecule has 2 aliphatic carbocycles. The fourth-order valence-electron chi connectivity index (χ4n) is 10.4. The molecule has 2 aliphatic rings. The fraction of sp³-hybridized carbons (Fsp3) is 0.571. The second-order valence-electron chi connectivity index (χ2n) is 19.2. The topological polar surface area (TPSA) is 18.5 Å². The van der Waals surface area contributed by atoms with Gasteiger partial charge in [-0.15, -0.1) is 0 Å². The van der Waals surface area contributed by atoms with Crippen molar-refractivity contribution in [3.63, 3.8) is 0 Å². The summed E-state index contributed by atoms with van der Waals surface area (Å²) in [5.41, 5.74) is 0.704. The van der Waals surface area contributed by atoms with Crippen molar-refractivity contribution in [1.29, 1.82) is 0 Å². The van der Waals surface area contributed by atoms with Crippen molar-refractivity contribution >= 4 is 0 Å². The number of unbranched alkanes of at least 4 members (excludes halogenated alkanes) is 6. The second kappa shape index (κ2) is 25.1. The second-order valence-corrected chi connectivity index (χ2v) is 19.2. The Morgan fingerprint density at radius 3 is 1.22 bits per heavy atom. The van der Waals surface area contributed by atoms with Crippen LogP contribution in [-0.4, -0.2) is 13.2 Å². The van der Waals surface area contributed by atoms with Crippen molar-refractivity contribution in [1.82, 2.24) is 0 Å². The minimum atomic E-state index is -0.993. The lowest BCUT2D eigenvalue weighted by Gasteiger charge is -2.29. The van der Waals surface area contributed by atoms with E-state index in [0.29, 0.717) is 53.6 Å². The highest BCUT2D eigenvalue weighted by Gasteiger charge is 2.29. The zero-order valence-corrected chi connectivity index (χ0v) is 38.7. The van der Waals surface area contributed by atoms with E-state index in [1.54, 1.807) is 24.3 Å². The quantitative estimate of drug-likeness (QED) is 0.0515. The van der Waals surface area contributed by atoms with Crippen molar-refractivity contribution in [3.8, 4) is 33.8 Å². The Kier molecular flexibility index (Phi) is 19.4. The molecule has 4 aromatic carbocycles. The largest absolute Gasteiger partial charge is 0.493 e. The summed E-state index contributed by atoms with van der Waals surface area (Å²) in [6.07, 6.45) is 22.9. The monoisotopic (exact) mass is 891 g/mol. The predicted molar refractivity (Wildman–Crippen MR) is 249 cm³/mol. The highest BCUT2D eigenvalue weighted by Crippen LogP contribution is 2.43. The summed E-state index contributed by atoms with van der Waals surface area (Å²) < 4.78 is 104. The number of rotatable bonds is 24. The van der Waals surface area contributed by atoms with Gasteiger partial charge in [-0.3, -0.25) is 0 Å². The molecule has 0 amide bonds. The standard InChI is InChI=1S/C56H72F6O2/c1-4-6-8-16-39-18-22-41(23-19-39)45-30-32-49(55(61)53(45)59)47-28-26-43(36-51(47)57)63-34-12-10-14-38(3)15-11-13-35-64-44-27-29-48(52(58)37-44)50-33-31-46(54(60)56(50)62)42-24-20-40(21-25-42)17-9-7-5-2/h26-33,36-42H,4-25,34-35H2,1-3H3. The van der Waals surface area contributed by atoms with Gasteiger partial charge in [0.15, 0.2) is 23.3 Å². The van der Waals surface area contributed by atoms with Crippen molar-refractivity contribution in [2.75, 3.05) is 13.2 Å². The summed E-state index contributed by atoms with van der Waals surface area (Å²) in [7, 11) is 0. The van der Waals surface area contributed by atoms with Crippen LogP contribution in [0.2, 0.25) is 0 Å². The number of hydrogen-bond donors (Lipinski definition) is 0. The Bertz CT molecular complexity index is 1900. The molecule has 64 heavy (non-hydrogen) atoms. The maximum absolute atomic E-state index is 15.4. The van der Waals surface area contributed by atoms with E-state index in [9.17, 15) is 0 Å². The third kappa shape index (κ3) is 13.6. The molecule has 4 aromatic rings. The first kappa shape index (κ1) is 49.5. The highest BCUT2D eigenvalue weighted by atomic mass is 19.2. The van der Waals surface area contributed by atoms with Crippen LogP contribution in [0.5, 0.6) is 11.5 Å². The summed E-state index contributed by atoms with van der Waals surface area (Å²) in [6.45, 7) is 7.44. The van der Waals surface area contributed by atoms with E-state index in [0.717, 1.165) is 89.9 Å². The molecular weight excluding hydrogens is 819 g/mol. The molecule has 2 fully saturated rings. The van der Waals surface area contributed by atoms with Crippen LogP contribution in [0.15, 0.2) is 60.7 Å². The number of benzene rings is 4. The van der Waals surface area contributed by atoms with E-state index in [-0.39, 0.29) is 34.1 Å². The summed E-state index contributed by atoms with van der Waals surface area (Å²) in [6, 6.07) is 14.9. The van der Waals surface area contributed by atoms with Crippen LogP contribution in [0.3, 0.4) is 0 Å². The van der Waals surface area contributed by atoms with E-state index in [4.69, 9.17) is 9.47 Å². The van der Waals surface area contributed by atoms with E-state index in [1.807, 2.05) is 0 Å². The SMILES string of the molecule is CCCCCC1CCC(c2ccc(-c3ccc(OCCCCC(C)CCCCOc4ccc(-c5ccc(C6CCC(CCCCC)CC6)c(F)c5F)c(F)c4)cc3F)c(F)c2F)CC1. The molecule has 0 aliphatic heterocycles. The predicted octanol–water partition coefficient (Wildman–Crippen LogP) is 18.0. The van der Waals surface area contributed by atoms with Crippen molar-refractivity contribution in [3.05, 3.63) is 107 Å².